The first-order valence-corrected chi connectivity index (χ1v) is 8.45. The molecule has 1 aromatic rings. The predicted octanol–water partition coefficient (Wildman–Crippen LogP) is 3.78. The lowest BCUT2D eigenvalue weighted by Gasteiger charge is -2.37. The topological polar surface area (TPSA) is 67.8 Å². The molecule has 0 saturated heterocycles. The van der Waals surface area contributed by atoms with Crippen molar-refractivity contribution < 1.29 is 50.1 Å². The highest BCUT2D eigenvalue weighted by atomic mass is 19.4. The molecule has 1 aliphatic carbocycles. The highest BCUT2D eigenvalue weighted by Gasteiger charge is 2.48. The third kappa shape index (κ3) is 7.69. The smallest absolute Gasteiger partial charge is 0.406 e. The minimum Gasteiger partial charge on any atom is -0.406 e. The number of benzene rings is 1. The van der Waals surface area contributed by atoms with Crippen LogP contribution in [0.5, 0.6) is 5.75 Å². The fourth-order valence-electron chi connectivity index (χ4n) is 2.91. The van der Waals surface area contributed by atoms with Crippen LogP contribution in [0.3, 0.4) is 0 Å². The van der Waals surface area contributed by atoms with Crippen molar-refractivity contribution in [2.24, 2.45) is 5.92 Å². The normalized spacial score (nSPS) is 18.8. The quantitative estimate of drug-likeness (QED) is 0.582. The predicted molar refractivity (Wildman–Crippen MR) is 84.3 cm³/mol. The standard InChI is InChI=1S/C17H18F7NO4/c18-15(19)28-8-12(9-2-1-3-11(4-9)29-17(22,23)24)25-14(27)5-13(26)10-6-16(20,21)7-10/h1-4,10,12-13,15,26H,5-8H2,(H,25,27)/t12-,13-/m0/s1. The van der Waals surface area contributed by atoms with Gasteiger partial charge in [-0.1, -0.05) is 12.1 Å². The lowest BCUT2D eigenvalue weighted by atomic mass is 9.76. The van der Waals surface area contributed by atoms with Crippen molar-refractivity contribution in [2.75, 3.05) is 6.61 Å². The first kappa shape index (κ1) is 23.2. The number of carbonyl (C=O) groups is 1. The fourth-order valence-corrected chi connectivity index (χ4v) is 2.91. The van der Waals surface area contributed by atoms with E-state index in [1.54, 1.807) is 0 Å². The monoisotopic (exact) mass is 433 g/mol. The highest BCUT2D eigenvalue weighted by molar-refractivity contribution is 5.77. The second kappa shape index (κ2) is 9.16. The van der Waals surface area contributed by atoms with Gasteiger partial charge < -0.3 is 19.9 Å². The van der Waals surface area contributed by atoms with Crippen molar-refractivity contribution in [1.29, 1.82) is 0 Å². The SMILES string of the molecule is O=C(C[C@H](O)C1CC(F)(F)C1)N[C@@H](COC(F)F)c1cccc(OC(F)(F)F)c1. The zero-order chi connectivity index (χ0) is 21.8. The summed E-state index contributed by atoms with van der Waals surface area (Å²) in [7, 11) is 0. The van der Waals surface area contributed by atoms with Gasteiger partial charge in [0.05, 0.1) is 25.2 Å². The molecule has 0 radical (unpaired) electrons. The molecule has 1 fully saturated rings. The second-order valence-corrected chi connectivity index (χ2v) is 6.63. The first-order valence-electron chi connectivity index (χ1n) is 8.45. The Labute approximate surface area is 160 Å². The number of carbonyl (C=O) groups excluding carboxylic acids is 1. The average Bonchev–Trinajstić information content (AvgIpc) is 2.54. The number of hydrogen-bond acceptors (Lipinski definition) is 4. The second-order valence-electron chi connectivity index (χ2n) is 6.63. The molecule has 0 aromatic heterocycles. The molecule has 0 heterocycles. The number of aliphatic hydroxyl groups excluding tert-OH is 1. The van der Waals surface area contributed by atoms with Crippen molar-refractivity contribution in [3.63, 3.8) is 0 Å². The van der Waals surface area contributed by atoms with Gasteiger partial charge in [-0.25, -0.2) is 8.78 Å². The van der Waals surface area contributed by atoms with Gasteiger partial charge in [-0.05, 0) is 23.6 Å². The van der Waals surface area contributed by atoms with Gasteiger partial charge in [0.15, 0.2) is 0 Å². The summed E-state index contributed by atoms with van der Waals surface area (Å²) in [6.07, 6.45) is -8.07. The van der Waals surface area contributed by atoms with Crippen molar-refractivity contribution in [3.05, 3.63) is 29.8 Å². The van der Waals surface area contributed by atoms with Gasteiger partial charge in [0.1, 0.15) is 5.75 Å². The maximum Gasteiger partial charge on any atom is 0.573 e. The van der Waals surface area contributed by atoms with E-state index in [1.807, 2.05) is 0 Å². The average molecular weight is 433 g/mol. The summed E-state index contributed by atoms with van der Waals surface area (Å²) in [5, 5.41) is 12.1. The molecule has 2 rings (SSSR count). The molecule has 164 valence electrons. The largest absolute Gasteiger partial charge is 0.573 e. The number of ether oxygens (including phenoxy) is 2. The van der Waals surface area contributed by atoms with E-state index in [0.29, 0.717) is 0 Å². The molecular formula is C17H18F7NO4. The Hall–Kier alpha value is -2.08. The third-order valence-corrected chi connectivity index (χ3v) is 4.28. The lowest BCUT2D eigenvalue weighted by Crippen LogP contribution is -2.44. The van der Waals surface area contributed by atoms with Crippen LogP contribution in [0.1, 0.15) is 30.9 Å². The van der Waals surface area contributed by atoms with Crippen LogP contribution in [0.4, 0.5) is 30.7 Å². The van der Waals surface area contributed by atoms with Crippen LogP contribution >= 0.6 is 0 Å². The van der Waals surface area contributed by atoms with E-state index in [4.69, 9.17) is 0 Å². The molecular weight excluding hydrogens is 415 g/mol. The molecule has 0 aliphatic heterocycles. The van der Waals surface area contributed by atoms with E-state index in [-0.39, 0.29) is 5.56 Å². The molecule has 1 amide bonds. The Morgan fingerprint density at radius 1 is 1.28 bits per heavy atom. The van der Waals surface area contributed by atoms with Crippen LogP contribution in [-0.2, 0) is 9.53 Å². The summed E-state index contributed by atoms with van der Waals surface area (Å²) < 4.78 is 95.4. The van der Waals surface area contributed by atoms with Crippen LogP contribution < -0.4 is 10.1 Å². The fraction of sp³-hybridized carbons (Fsp3) is 0.588. The summed E-state index contributed by atoms with van der Waals surface area (Å²) >= 11 is 0. The molecule has 1 saturated carbocycles. The highest BCUT2D eigenvalue weighted by Crippen LogP contribution is 2.44. The van der Waals surface area contributed by atoms with Crippen LogP contribution in [0.15, 0.2) is 24.3 Å². The zero-order valence-corrected chi connectivity index (χ0v) is 14.8. The number of hydrogen-bond donors (Lipinski definition) is 2. The minimum atomic E-state index is -4.98. The molecule has 5 nitrogen and oxygen atoms in total. The lowest BCUT2D eigenvalue weighted by molar-refractivity contribution is -0.274. The third-order valence-electron chi connectivity index (χ3n) is 4.28. The molecule has 12 heteroatoms. The number of nitrogens with one attached hydrogen (secondary N) is 1. The van der Waals surface area contributed by atoms with E-state index in [1.165, 1.54) is 6.07 Å². The molecule has 2 N–H and O–H groups in total. The molecule has 29 heavy (non-hydrogen) atoms. The van der Waals surface area contributed by atoms with Crippen molar-refractivity contribution in [2.45, 2.75) is 50.3 Å². The van der Waals surface area contributed by atoms with Gasteiger partial charge >= 0.3 is 13.0 Å². The van der Waals surface area contributed by atoms with Gasteiger partial charge in [-0.15, -0.1) is 13.2 Å². The minimum absolute atomic E-state index is 0.0228. The maximum absolute atomic E-state index is 12.9. The number of aliphatic hydroxyl groups is 1. The van der Waals surface area contributed by atoms with Crippen LogP contribution in [-0.4, -0.2) is 42.6 Å². The van der Waals surface area contributed by atoms with E-state index in [0.717, 1.165) is 18.2 Å². The van der Waals surface area contributed by atoms with E-state index < -0.39 is 74.5 Å². The van der Waals surface area contributed by atoms with Gasteiger partial charge in [-0.2, -0.15) is 8.78 Å². The maximum atomic E-state index is 12.9. The Kier molecular flexibility index (Phi) is 7.33. The molecule has 0 bridgehead atoms. The van der Waals surface area contributed by atoms with Crippen molar-refractivity contribution in [1.82, 2.24) is 5.32 Å². The Balaban J connectivity index is 2.04. The molecule has 1 aliphatic rings. The summed E-state index contributed by atoms with van der Waals surface area (Å²) in [4.78, 5) is 12.1. The molecule has 2 atom stereocenters. The van der Waals surface area contributed by atoms with Gasteiger partial charge in [0, 0.05) is 12.8 Å². The van der Waals surface area contributed by atoms with E-state index in [2.05, 4.69) is 14.8 Å². The zero-order valence-electron chi connectivity index (χ0n) is 14.8. The Morgan fingerprint density at radius 2 is 1.93 bits per heavy atom. The number of rotatable bonds is 9. The van der Waals surface area contributed by atoms with E-state index >= 15 is 0 Å². The summed E-state index contributed by atoms with van der Waals surface area (Å²) in [5.74, 6) is -5.18. The van der Waals surface area contributed by atoms with Crippen LogP contribution in [0.2, 0.25) is 0 Å². The van der Waals surface area contributed by atoms with Crippen LogP contribution in [0, 0.1) is 5.92 Å². The van der Waals surface area contributed by atoms with Gasteiger partial charge in [0.2, 0.25) is 11.8 Å². The summed E-state index contributed by atoms with van der Waals surface area (Å²) in [6, 6.07) is 2.98. The number of halogens is 7. The summed E-state index contributed by atoms with van der Waals surface area (Å²) in [5.41, 5.74) is -0.0228. The number of alkyl halides is 7. The first-order chi connectivity index (χ1) is 13.3. The number of amides is 1. The Bertz CT molecular complexity index is 691. The Morgan fingerprint density at radius 3 is 2.48 bits per heavy atom. The van der Waals surface area contributed by atoms with Crippen LogP contribution in [0.25, 0.3) is 0 Å². The van der Waals surface area contributed by atoms with Gasteiger partial charge in [0.25, 0.3) is 0 Å². The molecule has 1 aromatic carbocycles. The molecule has 0 unspecified atom stereocenters. The van der Waals surface area contributed by atoms with Gasteiger partial charge in [-0.3, -0.25) is 4.79 Å². The van der Waals surface area contributed by atoms with Crippen molar-refractivity contribution in [3.8, 4) is 5.75 Å². The summed E-state index contributed by atoms with van der Waals surface area (Å²) in [6.45, 7) is -3.98. The van der Waals surface area contributed by atoms with E-state index in [9.17, 15) is 40.6 Å². The molecule has 0 spiro atoms. The van der Waals surface area contributed by atoms with Crippen molar-refractivity contribution >= 4 is 5.91 Å².